The first-order valence-electron chi connectivity index (χ1n) is 3.56. The van der Waals surface area contributed by atoms with E-state index in [1.807, 2.05) is 0 Å². The topological polar surface area (TPSA) is 55.1 Å². The Hall–Kier alpha value is -1.01. The molecular formula is C8H14N2O. The average molecular weight is 154 g/mol. The monoisotopic (exact) mass is 154 g/mol. The van der Waals surface area contributed by atoms with Crippen molar-refractivity contribution in [3.05, 3.63) is 0 Å². The van der Waals surface area contributed by atoms with E-state index in [4.69, 9.17) is 12.2 Å². The van der Waals surface area contributed by atoms with Gasteiger partial charge in [0.05, 0.1) is 6.54 Å². The molecule has 3 N–H and O–H groups in total. The highest BCUT2D eigenvalue weighted by atomic mass is 16.1. The van der Waals surface area contributed by atoms with Crippen LogP contribution in [0.25, 0.3) is 0 Å². The highest BCUT2D eigenvalue weighted by Crippen LogP contribution is 1.98. The van der Waals surface area contributed by atoms with Crippen molar-refractivity contribution in [3.63, 3.8) is 0 Å². The van der Waals surface area contributed by atoms with Crippen LogP contribution in [0.15, 0.2) is 0 Å². The van der Waals surface area contributed by atoms with Crippen LogP contribution in [0, 0.1) is 18.3 Å². The minimum atomic E-state index is -0.177. The van der Waals surface area contributed by atoms with Crippen LogP contribution in [-0.2, 0) is 4.79 Å². The molecule has 2 atom stereocenters. The van der Waals surface area contributed by atoms with Gasteiger partial charge in [0.25, 0.3) is 0 Å². The van der Waals surface area contributed by atoms with Gasteiger partial charge in [-0.3, -0.25) is 4.79 Å². The summed E-state index contributed by atoms with van der Waals surface area (Å²) in [6, 6.07) is -0.132. The molecule has 0 spiro atoms. The molecule has 11 heavy (non-hydrogen) atoms. The number of carbonyl (C=O) groups is 1. The van der Waals surface area contributed by atoms with Crippen LogP contribution in [0.5, 0.6) is 0 Å². The second-order valence-electron chi connectivity index (χ2n) is 2.57. The number of hydrogen-bond acceptors (Lipinski definition) is 2. The Bertz CT molecular complexity index is 169. The van der Waals surface area contributed by atoms with Gasteiger partial charge in [-0.1, -0.05) is 12.8 Å². The second kappa shape index (κ2) is 4.75. The van der Waals surface area contributed by atoms with Crippen molar-refractivity contribution in [2.24, 2.45) is 11.7 Å². The van der Waals surface area contributed by atoms with Gasteiger partial charge in [0.2, 0.25) is 5.91 Å². The molecule has 0 saturated heterocycles. The molecule has 0 saturated carbocycles. The molecule has 0 radical (unpaired) electrons. The quantitative estimate of drug-likeness (QED) is 0.549. The predicted molar refractivity (Wildman–Crippen MR) is 44.7 cm³/mol. The number of carbonyl (C=O) groups excluding carboxylic acids is 1. The lowest BCUT2D eigenvalue weighted by Crippen LogP contribution is -2.38. The van der Waals surface area contributed by atoms with E-state index in [0.717, 1.165) is 0 Å². The van der Waals surface area contributed by atoms with E-state index < -0.39 is 0 Å². The zero-order chi connectivity index (χ0) is 8.85. The van der Waals surface area contributed by atoms with E-state index in [1.165, 1.54) is 0 Å². The number of terminal acetylenes is 1. The molecular weight excluding hydrogens is 140 g/mol. The number of rotatable bonds is 3. The fourth-order valence-electron chi connectivity index (χ4n) is 0.538. The Morgan fingerprint density at radius 1 is 1.73 bits per heavy atom. The average Bonchev–Trinajstić information content (AvgIpc) is 1.98. The van der Waals surface area contributed by atoms with Crippen molar-refractivity contribution in [1.82, 2.24) is 5.32 Å². The van der Waals surface area contributed by atoms with Crippen molar-refractivity contribution in [2.75, 3.05) is 6.54 Å². The maximum atomic E-state index is 11.1. The van der Waals surface area contributed by atoms with Crippen molar-refractivity contribution < 1.29 is 4.79 Å². The highest BCUT2D eigenvalue weighted by Gasteiger charge is 2.15. The lowest BCUT2D eigenvalue weighted by molar-refractivity contribution is -0.124. The van der Waals surface area contributed by atoms with Gasteiger partial charge in [-0.2, -0.15) is 0 Å². The van der Waals surface area contributed by atoms with Gasteiger partial charge in [-0.15, -0.1) is 6.42 Å². The third kappa shape index (κ3) is 3.64. The summed E-state index contributed by atoms with van der Waals surface area (Å²) >= 11 is 0. The third-order valence-electron chi connectivity index (χ3n) is 1.57. The molecule has 2 unspecified atom stereocenters. The first-order chi connectivity index (χ1) is 5.09. The number of nitrogens with one attached hydrogen (secondary N) is 1. The number of hydrogen-bond donors (Lipinski definition) is 2. The molecule has 0 bridgehead atoms. The normalized spacial score (nSPS) is 14.7. The molecule has 0 rings (SSSR count). The van der Waals surface area contributed by atoms with E-state index >= 15 is 0 Å². The summed E-state index contributed by atoms with van der Waals surface area (Å²) in [6.45, 7) is 3.84. The standard InChI is InChI=1S/C8H14N2O/c1-4-5-10-8(11)6(2)7(3)9/h1,6-7H,5,9H2,2-3H3,(H,10,11). The summed E-state index contributed by atoms with van der Waals surface area (Å²) < 4.78 is 0. The molecule has 1 amide bonds. The molecule has 0 aromatic rings. The summed E-state index contributed by atoms with van der Waals surface area (Å²) in [4.78, 5) is 11.1. The number of amides is 1. The summed E-state index contributed by atoms with van der Waals surface area (Å²) in [5.74, 6) is 2.06. The Kier molecular flexibility index (Phi) is 4.32. The van der Waals surface area contributed by atoms with Crippen molar-refractivity contribution >= 4 is 5.91 Å². The van der Waals surface area contributed by atoms with Crippen LogP contribution in [0.4, 0.5) is 0 Å². The van der Waals surface area contributed by atoms with E-state index in [2.05, 4.69) is 11.2 Å². The Morgan fingerprint density at radius 2 is 2.27 bits per heavy atom. The maximum Gasteiger partial charge on any atom is 0.225 e. The van der Waals surface area contributed by atoms with Crippen LogP contribution in [0.3, 0.4) is 0 Å². The van der Waals surface area contributed by atoms with Crippen molar-refractivity contribution in [2.45, 2.75) is 19.9 Å². The summed E-state index contributed by atoms with van der Waals surface area (Å²) in [5, 5.41) is 2.56. The molecule has 0 fully saturated rings. The zero-order valence-corrected chi connectivity index (χ0v) is 6.92. The van der Waals surface area contributed by atoms with Crippen LogP contribution < -0.4 is 11.1 Å². The van der Waals surface area contributed by atoms with E-state index in [0.29, 0.717) is 0 Å². The molecule has 62 valence electrons. The summed E-state index contributed by atoms with van der Waals surface area (Å²) in [6.07, 6.45) is 4.96. The van der Waals surface area contributed by atoms with Gasteiger partial charge in [-0.25, -0.2) is 0 Å². The lowest BCUT2D eigenvalue weighted by Gasteiger charge is -2.13. The fourth-order valence-corrected chi connectivity index (χ4v) is 0.538. The molecule has 0 aliphatic heterocycles. The maximum absolute atomic E-state index is 11.1. The minimum absolute atomic E-state index is 0.0852. The Balaban J connectivity index is 3.76. The van der Waals surface area contributed by atoms with Gasteiger partial charge < -0.3 is 11.1 Å². The SMILES string of the molecule is C#CCNC(=O)C(C)C(C)N. The second-order valence-corrected chi connectivity index (χ2v) is 2.57. The molecule has 3 heteroatoms. The summed E-state index contributed by atoms with van der Waals surface area (Å²) in [5.41, 5.74) is 5.50. The zero-order valence-electron chi connectivity index (χ0n) is 6.92. The molecule has 0 heterocycles. The van der Waals surface area contributed by atoms with Gasteiger partial charge >= 0.3 is 0 Å². The minimum Gasteiger partial charge on any atom is -0.345 e. The van der Waals surface area contributed by atoms with Crippen LogP contribution in [0.1, 0.15) is 13.8 Å². The number of nitrogens with two attached hydrogens (primary N) is 1. The summed E-state index contributed by atoms with van der Waals surface area (Å²) in [7, 11) is 0. The van der Waals surface area contributed by atoms with Crippen molar-refractivity contribution in [1.29, 1.82) is 0 Å². The van der Waals surface area contributed by atoms with Crippen LogP contribution >= 0.6 is 0 Å². The smallest absolute Gasteiger partial charge is 0.225 e. The first-order valence-corrected chi connectivity index (χ1v) is 3.56. The largest absolute Gasteiger partial charge is 0.345 e. The fraction of sp³-hybridized carbons (Fsp3) is 0.625. The first kappa shape index (κ1) is 9.99. The van der Waals surface area contributed by atoms with E-state index in [1.54, 1.807) is 13.8 Å². The molecule has 3 nitrogen and oxygen atoms in total. The highest BCUT2D eigenvalue weighted by molar-refractivity contribution is 5.79. The van der Waals surface area contributed by atoms with E-state index in [-0.39, 0.29) is 24.4 Å². The van der Waals surface area contributed by atoms with Crippen LogP contribution in [0.2, 0.25) is 0 Å². The third-order valence-corrected chi connectivity index (χ3v) is 1.57. The Labute approximate surface area is 67.3 Å². The van der Waals surface area contributed by atoms with Gasteiger partial charge in [-0.05, 0) is 6.92 Å². The Morgan fingerprint density at radius 3 is 2.64 bits per heavy atom. The molecule has 0 aromatic heterocycles. The molecule has 0 aliphatic rings. The molecule has 0 aromatic carbocycles. The van der Waals surface area contributed by atoms with Crippen LogP contribution in [-0.4, -0.2) is 18.5 Å². The van der Waals surface area contributed by atoms with Gasteiger partial charge in [0.15, 0.2) is 0 Å². The van der Waals surface area contributed by atoms with E-state index in [9.17, 15) is 4.79 Å². The van der Waals surface area contributed by atoms with Gasteiger partial charge in [0.1, 0.15) is 0 Å². The lowest BCUT2D eigenvalue weighted by atomic mass is 10.0. The molecule has 0 aliphatic carbocycles. The van der Waals surface area contributed by atoms with Gasteiger partial charge in [0, 0.05) is 12.0 Å². The van der Waals surface area contributed by atoms with Crippen molar-refractivity contribution in [3.8, 4) is 12.3 Å². The predicted octanol–water partition coefficient (Wildman–Crippen LogP) is -0.281.